The Labute approximate surface area is 217 Å². The third-order valence-electron chi connectivity index (χ3n) is 5.61. The van der Waals surface area contributed by atoms with E-state index in [9.17, 15) is 4.79 Å². The van der Waals surface area contributed by atoms with Crippen LogP contribution < -0.4 is 11.1 Å². The van der Waals surface area contributed by atoms with Crippen LogP contribution >= 0.6 is 11.6 Å². The van der Waals surface area contributed by atoms with Gasteiger partial charge in [-0.1, -0.05) is 44.5 Å². The summed E-state index contributed by atoms with van der Waals surface area (Å²) in [6.07, 6.45) is 6.17. The van der Waals surface area contributed by atoms with Crippen LogP contribution in [0.25, 0.3) is 10.9 Å². The van der Waals surface area contributed by atoms with Crippen LogP contribution in [-0.4, -0.2) is 20.9 Å². The topological polar surface area (TPSA) is 93.8 Å². The average Bonchev–Trinajstić information content (AvgIpc) is 3.68. The first-order valence-electron chi connectivity index (χ1n) is 12.3. The van der Waals surface area contributed by atoms with Gasteiger partial charge < -0.3 is 11.1 Å². The number of carbonyl (C=O) groups excluding carboxylic acids is 1. The molecule has 186 valence electrons. The van der Waals surface area contributed by atoms with E-state index >= 15 is 0 Å². The molecule has 6 nitrogen and oxygen atoms in total. The second kappa shape index (κ2) is 11.5. The Morgan fingerprint density at radius 2 is 1.86 bits per heavy atom. The predicted molar refractivity (Wildman–Crippen MR) is 146 cm³/mol. The van der Waals surface area contributed by atoms with Crippen LogP contribution in [0, 0.1) is 5.92 Å². The number of aromatic nitrogens is 3. The van der Waals surface area contributed by atoms with Gasteiger partial charge in [-0.2, -0.15) is 0 Å². The molecule has 3 heterocycles. The lowest BCUT2D eigenvalue weighted by Crippen LogP contribution is -2.24. The van der Waals surface area contributed by atoms with Gasteiger partial charge in [0.1, 0.15) is 5.82 Å². The molecular formula is C29H32ClN5O. The molecule has 0 unspecified atom stereocenters. The summed E-state index contributed by atoms with van der Waals surface area (Å²) in [6, 6.07) is 15.2. The first-order valence-corrected chi connectivity index (χ1v) is 12.7. The van der Waals surface area contributed by atoms with Crippen molar-refractivity contribution in [1.82, 2.24) is 20.3 Å². The Kier molecular flexibility index (Phi) is 8.16. The van der Waals surface area contributed by atoms with E-state index in [1.54, 1.807) is 24.5 Å². The Balaban J connectivity index is 0.000000709. The van der Waals surface area contributed by atoms with Gasteiger partial charge in [0.05, 0.1) is 16.2 Å². The lowest BCUT2D eigenvalue weighted by Gasteiger charge is -2.11. The molecular weight excluding hydrogens is 470 g/mol. The first-order chi connectivity index (χ1) is 17.3. The molecule has 1 fully saturated rings. The summed E-state index contributed by atoms with van der Waals surface area (Å²) in [5.74, 6) is 1.68. The highest BCUT2D eigenvalue weighted by Gasteiger charge is 2.27. The van der Waals surface area contributed by atoms with Crippen molar-refractivity contribution in [2.45, 2.75) is 52.5 Å². The number of nitrogens with zero attached hydrogens (tertiary/aromatic N) is 3. The Hall–Kier alpha value is -3.51. The van der Waals surface area contributed by atoms with Gasteiger partial charge in [-0.3, -0.25) is 14.8 Å². The van der Waals surface area contributed by atoms with E-state index in [0.29, 0.717) is 35.3 Å². The third kappa shape index (κ3) is 7.01. The van der Waals surface area contributed by atoms with E-state index in [4.69, 9.17) is 17.3 Å². The molecule has 7 heteroatoms. The van der Waals surface area contributed by atoms with Gasteiger partial charge in [0, 0.05) is 47.9 Å². The number of amides is 1. The molecule has 5 rings (SSSR count). The molecule has 1 saturated carbocycles. The van der Waals surface area contributed by atoms with Crippen molar-refractivity contribution in [2.75, 3.05) is 5.73 Å². The van der Waals surface area contributed by atoms with Gasteiger partial charge >= 0.3 is 0 Å². The van der Waals surface area contributed by atoms with Crippen molar-refractivity contribution in [3.63, 3.8) is 0 Å². The molecule has 0 saturated heterocycles. The number of hydrogen-bond acceptors (Lipinski definition) is 5. The van der Waals surface area contributed by atoms with E-state index in [-0.39, 0.29) is 5.91 Å². The summed E-state index contributed by atoms with van der Waals surface area (Å²) >= 11 is 6.07. The number of anilines is 1. The van der Waals surface area contributed by atoms with Crippen LogP contribution in [0.4, 0.5) is 5.82 Å². The number of benzene rings is 1. The van der Waals surface area contributed by atoms with Crippen LogP contribution in [0.1, 0.15) is 72.4 Å². The fraction of sp³-hybridized carbons (Fsp3) is 0.310. The normalized spacial score (nSPS) is 12.8. The van der Waals surface area contributed by atoms with Gasteiger partial charge in [0.25, 0.3) is 5.91 Å². The number of rotatable bonds is 6. The van der Waals surface area contributed by atoms with Gasteiger partial charge in [-0.25, -0.2) is 4.98 Å². The molecule has 0 bridgehead atoms. The molecule has 0 aliphatic heterocycles. The molecule has 1 aliphatic carbocycles. The third-order valence-corrected chi connectivity index (χ3v) is 5.82. The number of nitrogens with one attached hydrogen (secondary N) is 1. The molecule has 36 heavy (non-hydrogen) atoms. The number of nitrogen functional groups attached to an aromatic ring is 1. The molecule has 0 spiro atoms. The van der Waals surface area contributed by atoms with Crippen LogP contribution in [0.5, 0.6) is 0 Å². The van der Waals surface area contributed by atoms with Gasteiger partial charge in [-0.05, 0) is 66.3 Å². The second-order valence-electron chi connectivity index (χ2n) is 9.86. The fourth-order valence-corrected chi connectivity index (χ4v) is 4.01. The lowest BCUT2D eigenvalue weighted by atomic mass is 10.0. The maximum absolute atomic E-state index is 12.8. The standard InChI is InChI=1S/C25H22ClN5O.C4H10/c26-20-11-19-9-15(1-5-22(19)29-14-20)10-21-12-17(7-8-28-21)25(32)30-13-18-4-6-23(27)31-24(18)16-2-3-16;1-4(2)3/h1,4-9,11-12,14,16H,2-3,10,13H2,(H2,27,31)(H,30,32);4H,1-3H3. The Morgan fingerprint density at radius 3 is 2.61 bits per heavy atom. The van der Waals surface area contributed by atoms with Gasteiger partial charge in [0.2, 0.25) is 0 Å². The number of pyridine rings is 3. The van der Waals surface area contributed by atoms with E-state index < -0.39 is 0 Å². The maximum atomic E-state index is 12.8. The van der Waals surface area contributed by atoms with Crippen molar-refractivity contribution in [3.05, 3.63) is 94.0 Å². The number of hydrogen-bond donors (Lipinski definition) is 2. The second-order valence-corrected chi connectivity index (χ2v) is 10.3. The van der Waals surface area contributed by atoms with Crippen LogP contribution in [0.2, 0.25) is 5.02 Å². The zero-order valence-electron chi connectivity index (χ0n) is 21.0. The number of carbonyl (C=O) groups is 1. The quantitative estimate of drug-likeness (QED) is 0.322. The minimum Gasteiger partial charge on any atom is -0.384 e. The van der Waals surface area contributed by atoms with E-state index in [2.05, 4.69) is 47.1 Å². The molecule has 1 aliphatic rings. The zero-order chi connectivity index (χ0) is 25.7. The Bertz CT molecular complexity index is 1360. The summed E-state index contributed by atoms with van der Waals surface area (Å²) in [5.41, 5.74) is 11.2. The molecule has 0 radical (unpaired) electrons. The highest BCUT2D eigenvalue weighted by atomic mass is 35.5. The molecule has 3 N–H and O–H groups in total. The van der Waals surface area contributed by atoms with Gasteiger partial charge in [0.15, 0.2) is 0 Å². The average molecular weight is 502 g/mol. The largest absolute Gasteiger partial charge is 0.384 e. The molecule has 0 atom stereocenters. The zero-order valence-corrected chi connectivity index (χ0v) is 21.7. The molecule has 4 aromatic rings. The summed E-state index contributed by atoms with van der Waals surface area (Å²) < 4.78 is 0. The number of halogens is 1. The predicted octanol–water partition coefficient (Wildman–Crippen LogP) is 6.32. The van der Waals surface area contributed by atoms with Crippen molar-refractivity contribution in [3.8, 4) is 0 Å². The van der Waals surface area contributed by atoms with E-state index in [1.807, 2.05) is 30.3 Å². The first kappa shape index (κ1) is 25.6. The summed E-state index contributed by atoms with van der Waals surface area (Å²) in [5, 5.41) is 4.59. The maximum Gasteiger partial charge on any atom is 0.251 e. The van der Waals surface area contributed by atoms with Crippen LogP contribution in [0.3, 0.4) is 0 Å². The van der Waals surface area contributed by atoms with Crippen molar-refractivity contribution in [2.24, 2.45) is 5.92 Å². The van der Waals surface area contributed by atoms with Crippen molar-refractivity contribution < 1.29 is 4.79 Å². The summed E-state index contributed by atoms with van der Waals surface area (Å²) in [7, 11) is 0. The molecule has 3 aromatic heterocycles. The lowest BCUT2D eigenvalue weighted by molar-refractivity contribution is 0.0950. The molecule has 1 aromatic carbocycles. The summed E-state index contributed by atoms with van der Waals surface area (Å²) in [6.45, 7) is 6.92. The SMILES string of the molecule is CC(C)C.Nc1ccc(CNC(=O)c2ccnc(Cc3ccc4ncc(Cl)cc4c3)c2)c(C2CC2)n1. The van der Waals surface area contributed by atoms with Crippen LogP contribution in [0.15, 0.2) is 60.9 Å². The van der Waals surface area contributed by atoms with Gasteiger partial charge in [-0.15, -0.1) is 0 Å². The van der Waals surface area contributed by atoms with E-state index in [0.717, 1.165) is 52.2 Å². The minimum atomic E-state index is -0.137. The van der Waals surface area contributed by atoms with Crippen LogP contribution in [-0.2, 0) is 13.0 Å². The Morgan fingerprint density at radius 1 is 1.08 bits per heavy atom. The smallest absolute Gasteiger partial charge is 0.251 e. The molecule has 1 amide bonds. The fourth-order valence-electron chi connectivity index (χ4n) is 3.85. The van der Waals surface area contributed by atoms with Crippen molar-refractivity contribution >= 4 is 34.2 Å². The monoisotopic (exact) mass is 501 g/mol. The number of fused-ring (bicyclic) bond motifs is 1. The minimum absolute atomic E-state index is 0.137. The highest BCUT2D eigenvalue weighted by Crippen LogP contribution is 2.40. The highest BCUT2D eigenvalue weighted by molar-refractivity contribution is 6.31. The number of nitrogens with two attached hydrogens (primary N) is 1. The summed E-state index contributed by atoms with van der Waals surface area (Å²) in [4.78, 5) is 26.0. The van der Waals surface area contributed by atoms with E-state index in [1.165, 1.54) is 0 Å². The van der Waals surface area contributed by atoms with Crippen molar-refractivity contribution in [1.29, 1.82) is 0 Å².